The van der Waals surface area contributed by atoms with Crippen LogP contribution in [0.1, 0.15) is 27.7 Å². The van der Waals surface area contributed by atoms with Gasteiger partial charge in [0.2, 0.25) is 0 Å². The summed E-state index contributed by atoms with van der Waals surface area (Å²) in [6.45, 7) is 12.7. The van der Waals surface area contributed by atoms with Gasteiger partial charge in [-0.3, -0.25) is 0 Å². The number of nitrogens with zero attached hydrogens (tertiary/aromatic N) is 1. The minimum Gasteiger partial charge on any atom is -0.321 e. The fourth-order valence-electron chi connectivity index (χ4n) is 1.65. The van der Waals surface area contributed by atoms with Gasteiger partial charge in [0.05, 0.1) is 0 Å². The lowest BCUT2D eigenvalue weighted by Crippen LogP contribution is -2.25. The molecule has 1 rings (SSSR count). The third kappa shape index (κ3) is 2.16. The Hall–Kier alpha value is -1.24. The fraction of sp³-hybridized carbons (Fsp3) is 0.385. The van der Waals surface area contributed by atoms with E-state index >= 15 is 0 Å². The Morgan fingerprint density at radius 3 is 2.43 bits per heavy atom. The molecule has 0 saturated heterocycles. The van der Waals surface area contributed by atoms with E-state index in [-0.39, 0.29) is 5.41 Å². The summed E-state index contributed by atoms with van der Waals surface area (Å²) >= 11 is 0. The lowest BCUT2D eigenvalue weighted by molar-refractivity contribution is 0.384. The van der Waals surface area contributed by atoms with Gasteiger partial charge in [0, 0.05) is 23.0 Å². The maximum absolute atomic E-state index is 4.03. The van der Waals surface area contributed by atoms with Crippen molar-refractivity contribution in [1.82, 2.24) is 4.90 Å². The van der Waals surface area contributed by atoms with Crippen LogP contribution in [0.3, 0.4) is 0 Å². The van der Waals surface area contributed by atoms with E-state index < -0.39 is 0 Å². The van der Waals surface area contributed by atoms with Crippen molar-refractivity contribution < 1.29 is 0 Å². The van der Waals surface area contributed by atoms with E-state index in [9.17, 15) is 0 Å². The Kier molecular flexibility index (Phi) is 3.00. The first-order valence-corrected chi connectivity index (χ1v) is 4.96. The first-order chi connectivity index (χ1) is 6.46. The Bertz CT molecular complexity index is 311. The van der Waals surface area contributed by atoms with E-state index in [1.165, 1.54) is 5.70 Å². The summed E-state index contributed by atoms with van der Waals surface area (Å²) in [7, 11) is 0. The molecule has 0 spiro atoms. The molecule has 0 fully saturated rings. The zero-order valence-corrected chi connectivity index (χ0v) is 9.54. The van der Waals surface area contributed by atoms with Crippen LogP contribution in [-0.2, 0) is 0 Å². The zero-order chi connectivity index (χ0) is 10.8. The summed E-state index contributed by atoms with van der Waals surface area (Å²) in [6, 6.07) is 0. The first-order valence-electron chi connectivity index (χ1n) is 4.96. The monoisotopic (exact) mass is 189 g/mol. The van der Waals surface area contributed by atoms with Crippen LogP contribution in [0.4, 0.5) is 0 Å². The van der Waals surface area contributed by atoms with Crippen molar-refractivity contribution in [2.24, 2.45) is 5.41 Å². The van der Waals surface area contributed by atoms with Crippen molar-refractivity contribution in [3.05, 3.63) is 48.5 Å². The number of hydrogen-bond acceptors (Lipinski definition) is 1. The van der Waals surface area contributed by atoms with Crippen molar-refractivity contribution in [2.75, 3.05) is 0 Å². The second-order valence-corrected chi connectivity index (χ2v) is 4.49. The molecule has 0 aromatic heterocycles. The number of allylic oxidation sites excluding steroid dienone is 5. The molecule has 1 heterocycles. The largest absolute Gasteiger partial charge is 0.321 e. The predicted octanol–water partition coefficient (Wildman–Crippen LogP) is 3.84. The van der Waals surface area contributed by atoms with Crippen molar-refractivity contribution in [3.63, 3.8) is 0 Å². The molecule has 0 unspecified atom stereocenters. The third-order valence-electron chi connectivity index (χ3n) is 2.25. The van der Waals surface area contributed by atoms with Crippen LogP contribution in [0.15, 0.2) is 48.5 Å². The van der Waals surface area contributed by atoms with E-state index in [0.29, 0.717) is 0 Å². The van der Waals surface area contributed by atoms with Gasteiger partial charge in [-0.15, -0.1) is 0 Å². The van der Waals surface area contributed by atoms with Crippen LogP contribution in [0.2, 0.25) is 0 Å². The van der Waals surface area contributed by atoms with Crippen LogP contribution in [-0.4, -0.2) is 4.90 Å². The quantitative estimate of drug-likeness (QED) is 0.606. The molecule has 1 heteroatoms. The van der Waals surface area contributed by atoms with Crippen LogP contribution in [0.25, 0.3) is 0 Å². The highest BCUT2D eigenvalue weighted by Crippen LogP contribution is 2.31. The SMILES string of the molecule is C=C1C=CC=CN1/C(=C\C)C(C)(C)C. The maximum Gasteiger partial charge on any atom is 0.0380 e. The van der Waals surface area contributed by atoms with Gasteiger partial charge in [-0.2, -0.15) is 0 Å². The molecular formula is C13H19N. The van der Waals surface area contributed by atoms with E-state index in [1.54, 1.807) is 0 Å². The number of rotatable bonds is 1. The second kappa shape index (κ2) is 3.87. The van der Waals surface area contributed by atoms with Gasteiger partial charge in [0.15, 0.2) is 0 Å². The molecule has 0 aromatic carbocycles. The maximum atomic E-state index is 4.03. The summed E-state index contributed by atoms with van der Waals surface area (Å²) in [5, 5.41) is 0. The molecule has 0 bridgehead atoms. The van der Waals surface area contributed by atoms with Crippen LogP contribution < -0.4 is 0 Å². The molecule has 0 radical (unpaired) electrons. The lowest BCUT2D eigenvalue weighted by atomic mass is 9.90. The summed E-state index contributed by atoms with van der Waals surface area (Å²) in [6.07, 6.45) is 10.3. The highest BCUT2D eigenvalue weighted by Gasteiger charge is 2.22. The van der Waals surface area contributed by atoms with Crippen LogP contribution in [0, 0.1) is 5.41 Å². The molecule has 0 atom stereocenters. The molecule has 76 valence electrons. The minimum absolute atomic E-state index is 0.146. The standard InChI is InChI=1S/C13H19N/c1-6-12(13(3,4)5)14-10-8-7-9-11(14)2/h6-10H,2H2,1,3-5H3/b12-6-. The van der Waals surface area contributed by atoms with Crippen molar-refractivity contribution in [2.45, 2.75) is 27.7 Å². The molecule has 1 aliphatic rings. The molecule has 0 aromatic rings. The highest BCUT2D eigenvalue weighted by molar-refractivity contribution is 5.32. The number of hydrogen-bond donors (Lipinski definition) is 0. The second-order valence-electron chi connectivity index (χ2n) is 4.49. The molecule has 14 heavy (non-hydrogen) atoms. The van der Waals surface area contributed by atoms with Gasteiger partial charge in [-0.1, -0.05) is 39.5 Å². The van der Waals surface area contributed by atoms with Gasteiger partial charge >= 0.3 is 0 Å². The van der Waals surface area contributed by atoms with Crippen LogP contribution in [0.5, 0.6) is 0 Å². The van der Waals surface area contributed by atoms with Crippen molar-refractivity contribution in [3.8, 4) is 0 Å². The van der Waals surface area contributed by atoms with Crippen LogP contribution >= 0.6 is 0 Å². The smallest absolute Gasteiger partial charge is 0.0380 e. The molecular weight excluding hydrogens is 170 g/mol. The Labute approximate surface area is 87.1 Å². The van der Waals surface area contributed by atoms with Crippen molar-refractivity contribution >= 4 is 0 Å². The Morgan fingerprint density at radius 1 is 1.36 bits per heavy atom. The molecule has 1 aliphatic heterocycles. The summed E-state index contributed by atoms with van der Waals surface area (Å²) in [5.41, 5.74) is 2.45. The minimum atomic E-state index is 0.146. The van der Waals surface area contributed by atoms with E-state index in [1.807, 2.05) is 18.2 Å². The topological polar surface area (TPSA) is 3.24 Å². The van der Waals surface area contributed by atoms with Gasteiger partial charge in [0.1, 0.15) is 0 Å². The summed E-state index contributed by atoms with van der Waals surface area (Å²) < 4.78 is 0. The van der Waals surface area contributed by atoms with E-state index in [0.717, 1.165) is 5.70 Å². The highest BCUT2D eigenvalue weighted by atomic mass is 15.1. The van der Waals surface area contributed by atoms with Crippen molar-refractivity contribution in [1.29, 1.82) is 0 Å². The molecule has 0 N–H and O–H groups in total. The van der Waals surface area contributed by atoms with E-state index in [2.05, 4.69) is 51.4 Å². The van der Waals surface area contributed by atoms with Gasteiger partial charge in [-0.25, -0.2) is 0 Å². The molecule has 0 aliphatic carbocycles. The summed E-state index contributed by atoms with van der Waals surface area (Å²) in [5.74, 6) is 0. The molecule has 1 nitrogen and oxygen atoms in total. The first kappa shape index (κ1) is 10.8. The normalized spacial score (nSPS) is 17.9. The fourth-order valence-corrected chi connectivity index (χ4v) is 1.65. The average Bonchev–Trinajstić information content (AvgIpc) is 2.07. The lowest BCUT2D eigenvalue weighted by Gasteiger charge is -2.34. The third-order valence-corrected chi connectivity index (χ3v) is 2.25. The van der Waals surface area contributed by atoms with Gasteiger partial charge in [0.25, 0.3) is 0 Å². The molecule has 0 saturated carbocycles. The summed E-state index contributed by atoms with van der Waals surface area (Å²) in [4.78, 5) is 2.14. The molecule has 0 amide bonds. The Morgan fingerprint density at radius 2 is 2.00 bits per heavy atom. The van der Waals surface area contributed by atoms with Gasteiger partial charge in [-0.05, 0) is 19.1 Å². The zero-order valence-electron chi connectivity index (χ0n) is 9.54. The Balaban J connectivity index is 2.98. The predicted molar refractivity (Wildman–Crippen MR) is 62.5 cm³/mol. The van der Waals surface area contributed by atoms with E-state index in [4.69, 9.17) is 0 Å². The average molecular weight is 189 g/mol. The van der Waals surface area contributed by atoms with Gasteiger partial charge < -0.3 is 4.90 Å².